The number of rotatable bonds is 40. The van der Waals surface area contributed by atoms with Crippen molar-refractivity contribution in [3.05, 3.63) is 48.6 Å². The lowest BCUT2D eigenvalue weighted by atomic mass is 10.1. The zero-order valence-corrected chi connectivity index (χ0v) is 37.8. The first-order chi connectivity index (χ1) is 27.5. The van der Waals surface area contributed by atoms with Gasteiger partial charge in [0, 0.05) is 13.0 Å². The number of aliphatic hydroxyl groups excluding tert-OH is 1. The van der Waals surface area contributed by atoms with Gasteiger partial charge in [-0.25, -0.2) is 4.57 Å². The van der Waals surface area contributed by atoms with Crippen LogP contribution in [0.4, 0.5) is 0 Å². The molecular weight excluding hydrogens is 741 g/mol. The number of ether oxygens (including phenoxy) is 3. The van der Waals surface area contributed by atoms with Gasteiger partial charge in [0.05, 0.1) is 46.6 Å². The minimum absolute atomic E-state index is 0.0571. The Hall–Kier alpha value is -1.62. The summed E-state index contributed by atoms with van der Waals surface area (Å²) in [4.78, 5) is 22.9. The molecule has 0 aliphatic carbocycles. The zero-order valence-electron chi connectivity index (χ0n) is 36.9. The van der Waals surface area contributed by atoms with Crippen LogP contribution in [-0.2, 0) is 32.6 Å². The van der Waals surface area contributed by atoms with Crippen LogP contribution in [0.25, 0.3) is 0 Å². The SMILES string of the molecule is CCCCC/C=C/CC1OC1/C=C\C(O)C/C=C/CCCC(=O)OC(COCCCCCCCC/C=C\CCCCCCCC)COP(=O)(O)OCC[N+](C)(C)C. The van der Waals surface area contributed by atoms with E-state index in [1.807, 2.05) is 39.4 Å². The summed E-state index contributed by atoms with van der Waals surface area (Å²) in [6.07, 6.45) is 40.5. The fourth-order valence-corrected chi connectivity index (χ4v) is 6.82. The van der Waals surface area contributed by atoms with Crippen molar-refractivity contribution in [1.82, 2.24) is 0 Å². The Kier molecular flexibility index (Phi) is 32.9. The molecule has 57 heavy (non-hydrogen) atoms. The maximum absolute atomic E-state index is 12.7. The minimum atomic E-state index is -4.32. The molecule has 0 saturated carbocycles. The lowest BCUT2D eigenvalue weighted by molar-refractivity contribution is -0.870. The third-order valence-electron chi connectivity index (χ3n) is 9.79. The van der Waals surface area contributed by atoms with Crippen molar-refractivity contribution >= 4 is 13.8 Å². The van der Waals surface area contributed by atoms with Crippen LogP contribution in [0.5, 0.6) is 0 Å². The Morgan fingerprint density at radius 3 is 1.95 bits per heavy atom. The number of unbranched alkanes of at least 4 members (excludes halogenated alkanes) is 16. The molecule has 0 amide bonds. The fraction of sp³-hybridized carbons (Fsp3) is 0.804. The number of carbonyl (C=O) groups excluding carboxylic acids is 1. The largest absolute Gasteiger partial charge is 0.472 e. The van der Waals surface area contributed by atoms with Crippen LogP contribution < -0.4 is 0 Å². The molecule has 1 saturated heterocycles. The Morgan fingerprint density at radius 2 is 1.28 bits per heavy atom. The first kappa shape index (κ1) is 53.4. The molecule has 5 atom stereocenters. The van der Waals surface area contributed by atoms with Crippen molar-refractivity contribution in [2.75, 3.05) is 54.1 Å². The van der Waals surface area contributed by atoms with Gasteiger partial charge in [0.25, 0.3) is 0 Å². The summed E-state index contributed by atoms with van der Waals surface area (Å²) in [7, 11) is 1.56. The molecule has 0 radical (unpaired) electrons. The standard InChI is InChI=1S/C46H84NO9P/c1-6-8-10-12-14-15-16-17-18-19-20-21-22-23-27-31-38-52-40-43(41-54-57(50,51)53-39-37-47(3,4)5)55-46(49)34-30-26-25-28-32-42(48)35-36-45-44(56-45)33-29-24-13-11-9-7-2/h17-18,24-25,28-29,35-36,42-45,48H,6-16,19-23,26-27,30-34,37-41H2,1-5H3/p+1/b18-17-,28-25+,29-24+,36-35-. The normalized spacial score (nSPS) is 18.3. The Labute approximate surface area is 348 Å². The van der Waals surface area contributed by atoms with Gasteiger partial charge in [0.2, 0.25) is 0 Å². The average molecular weight is 827 g/mol. The van der Waals surface area contributed by atoms with E-state index in [0.717, 1.165) is 38.5 Å². The van der Waals surface area contributed by atoms with Gasteiger partial charge in [-0.3, -0.25) is 13.8 Å². The van der Waals surface area contributed by atoms with Crippen LogP contribution in [0.2, 0.25) is 0 Å². The molecule has 1 heterocycles. The number of nitrogens with zero attached hydrogens (tertiary/aromatic N) is 1. The second-order valence-corrected chi connectivity index (χ2v) is 18.1. The van der Waals surface area contributed by atoms with E-state index >= 15 is 0 Å². The summed E-state index contributed by atoms with van der Waals surface area (Å²) in [6.45, 7) is 5.35. The number of phosphoric ester groups is 1. The molecule has 0 aromatic carbocycles. The molecule has 0 bridgehead atoms. The fourth-order valence-electron chi connectivity index (χ4n) is 6.08. The Bertz CT molecular complexity index is 1140. The van der Waals surface area contributed by atoms with E-state index in [1.54, 1.807) is 6.08 Å². The number of epoxide rings is 1. The number of allylic oxidation sites excluding steroid dienone is 4. The molecule has 1 fully saturated rings. The number of likely N-dealkylation sites (N-methyl/N-ethyl adjacent to an activating group) is 1. The minimum Gasteiger partial charge on any atom is -0.457 e. The van der Waals surface area contributed by atoms with Gasteiger partial charge >= 0.3 is 13.8 Å². The summed E-state index contributed by atoms with van der Waals surface area (Å²) in [5, 5.41) is 10.3. The van der Waals surface area contributed by atoms with Crippen LogP contribution in [-0.4, -0.2) is 99.0 Å². The number of hydrogen-bond donors (Lipinski definition) is 2. The molecule has 0 spiro atoms. The third-order valence-corrected chi connectivity index (χ3v) is 10.8. The monoisotopic (exact) mass is 827 g/mol. The second-order valence-electron chi connectivity index (χ2n) is 16.6. The van der Waals surface area contributed by atoms with Crippen LogP contribution in [0, 0.1) is 0 Å². The lowest BCUT2D eigenvalue weighted by Crippen LogP contribution is -2.37. The summed E-state index contributed by atoms with van der Waals surface area (Å²) in [5.41, 5.74) is 0. The van der Waals surface area contributed by atoms with Crippen molar-refractivity contribution in [3.63, 3.8) is 0 Å². The maximum atomic E-state index is 12.7. The molecule has 0 aromatic rings. The summed E-state index contributed by atoms with van der Waals surface area (Å²) < 4.78 is 40.6. The topological polar surface area (TPSA) is 124 Å². The number of phosphoric acid groups is 1. The predicted octanol–water partition coefficient (Wildman–Crippen LogP) is 11.1. The van der Waals surface area contributed by atoms with Crippen molar-refractivity contribution < 1.29 is 47.1 Å². The van der Waals surface area contributed by atoms with Crippen LogP contribution in [0.3, 0.4) is 0 Å². The summed E-state index contributed by atoms with van der Waals surface area (Å²) >= 11 is 0. The van der Waals surface area contributed by atoms with Crippen molar-refractivity contribution in [3.8, 4) is 0 Å². The molecule has 0 aromatic heterocycles. The lowest BCUT2D eigenvalue weighted by Gasteiger charge is -2.24. The highest BCUT2D eigenvalue weighted by Crippen LogP contribution is 2.43. The van der Waals surface area contributed by atoms with E-state index in [4.69, 9.17) is 23.3 Å². The van der Waals surface area contributed by atoms with E-state index in [-0.39, 0.29) is 38.4 Å². The van der Waals surface area contributed by atoms with Gasteiger partial charge in [-0.15, -0.1) is 0 Å². The van der Waals surface area contributed by atoms with E-state index < -0.39 is 26.0 Å². The zero-order chi connectivity index (χ0) is 41.9. The van der Waals surface area contributed by atoms with Gasteiger partial charge in [-0.2, -0.15) is 0 Å². The number of carbonyl (C=O) groups is 1. The maximum Gasteiger partial charge on any atom is 0.472 e. The highest BCUT2D eigenvalue weighted by molar-refractivity contribution is 7.47. The third kappa shape index (κ3) is 36.0. The van der Waals surface area contributed by atoms with Gasteiger partial charge in [-0.05, 0) is 70.6 Å². The highest BCUT2D eigenvalue weighted by Gasteiger charge is 2.35. The Morgan fingerprint density at radius 1 is 0.719 bits per heavy atom. The molecule has 11 heteroatoms. The molecule has 1 aliphatic rings. The van der Waals surface area contributed by atoms with Crippen LogP contribution >= 0.6 is 7.82 Å². The number of esters is 1. The summed E-state index contributed by atoms with van der Waals surface area (Å²) in [5.74, 6) is -0.422. The van der Waals surface area contributed by atoms with Crippen molar-refractivity contribution in [2.45, 2.75) is 186 Å². The quantitative estimate of drug-likeness (QED) is 0.0155. The molecule has 1 rings (SSSR count). The first-order valence-electron chi connectivity index (χ1n) is 22.6. The van der Waals surface area contributed by atoms with Gasteiger partial charge in [0.15, 0.2) is 0 Å². The number of hydrogen-bond acceptors (Lipinski definition) is 8. The highest BCUT2D eigenvalue weighted by atomic mass is 31.2. The van der Waals surface area contributed by atoms with E-state index in [2.05, 4.69) is 38.2 Å². The second kappa shape index (κ2) is 35.2. The van der Waals surface area contributed by atoms with E-state index in [9.17, 15) is 19.4 Å². The van der Waals surface area contributed by atoms with Crippen LogP contribution in [0.15, 0.2) is 48.6 Å². The van der Waals surface area contributed by atoms with Gasteiger partial charge in [0.1, 0.15) is 25.4 Å². The molecule has 5 unspecified atom stereocenters. The van der Waals surface area contributed by atoms with E-state index in [1.165, 1.54) is 83.5 Å². The van der Waals surface area contributed by atoms with E-state index in [0.29, 0.717) is 36.9 Å². The van der Waals surface area contributed by atoms with Gasteiger partial charge < -0.3 is 28.7 Å². The number of aliphatic hydroxyl groups is 1. The average Bonchev–Trinajstić information content (AvgIpc) is 3.92. The van der Waals surface area contributed by atoms with Crippen molar-refractivity contribution in [1.29, 1.82) is 0 Å². The Balaban J connectivity index is 2.31. The van der Waals surface area contributed by atoms with Crippen molar-refractivity contribution in [2.24, 2.45) is 0 Å². The molecule has 332 valence electrons. The molecular formula is C46H85NO9P+. The smallest absolute Gasteiger partial charge is 0.457 e. The molecule has 2 N–H and O–H groups in total. The summed E-state index contributed by atoms with van der Waals surface area (Å²) in [6, 6.07) is 0. The molecule has 10 nitrogen and oxygen atoms in total. The van der Waals surface area contributed by atoms with Gasteiger partial charge in [-0.1, -0.05) is 133 Å². The number of quaternary nitrogens is 1. The van der Waals surface area contributed by atoms with Crippen LogP contribution in [0.1, 0.15) is 162 Å². The first-order valence-corrected chi connectivity index (χ1v) is 24.1. The predicted molar refractivity (Wildman–Crippen MR) is 234 cm³/mol. The molecule has 1 aliphatic heterocycles.